The fourth-order valence-electron chi connectivity index (χ4n) is 5.57. The van der Waals surface area contributed by atoms with E-state index in [1.54, 1.807) is 85.4 Å². The highest BCUT2D eigenvalue weighted by atomic mass is 19.1. The van der Waals surface area contributed by atoms with Crippen molar-refractivity contribution in [2.45, 2.75) is 97.4 Å². The molecule has 1 saturated heterocycles. The number of nitrogens with zero attached hydrogens (tertiary/aromatic N) is 7. The van der Waals surface area contributed by atoms with Crippen LogP contribution in [0.2, 0.25) is 0 Å². The molecule has 0 unspecified atom stereocenters. The Kier molecular flexibility index (Phi) is 10.8. The lowest BCUT2D eigenvalue weighted by molar-refractivity contribution is 0.0183. The van der Waals surface area contributed by atoms with Gasteiger partial charge in [-0.2, -0.15) is 10.2 Å². The molecule has 0 bridgehead atoms. The van der Waals surface area contributed by atoms with Gasteiger partial charge in [-0.1, -0.05) is 17.3 Å². The average Bonchev–Trinajstić information content (AvgIpc) is 3.56. The van der Waals surface area contributed by atoms with Crippen LogP contribution in [0.5, 0.6) is 0 Å². The number of amides is 3. The van der Waals surface area contributed by atoms with Crippen LogP contribution in [0.4, 0.5) is 24.6 Å². The summed E-state index contributed by atoms with van der Waals surface area (Å²) >= 11 is 0. The fraction of sp³-hybridized carbons (Fsp3) is 0.436. The first-order valence-electron chi connectivity index (χ1n) is 17.4. The van der Waals surface area contributed by atoms with Gasteiger partial charge in [0.25, 0.3) is 0 Å². The minimum atomic E-state index is -1.09. The van der Waals surface area contributed by atoms with E-state index in [9.17, 15) is 24.0 Å². The molecule has 0 saturated carbocycles. The number of hydrogen-bond donors (Lipinski definition) is 0. The maximum atomic E-state index is 14.8. The third-order valence-corrected chi connectivity index (χ3v) is 8.04. The van der Waals surface area contributed by atoms with E-state index in [1.807, 2.05) is 0 Å². The normalized spacial score (nSPS) is 14.5. The summed E-state index contributed by atoms with van der Waals surface area (Å²) in [6, 6.07) is 13.2. The summed E-state index contributed by atoms with van der Waals surface area (Å²) in [6.45, 7) is 15.8. The van der Waals surface area contributed by atoms with Crippen molar-refractivity contribution in [2.75, 3.05) is 18.0 Å². The Balaban J connectivity index is 1.60. The molecule has 4 aromatic rings. The quantitative estimate of drug-likeness (QED) is 0.179. The molecule has 1 fully saturated rings. The highest BCUT2D eigenvalue weighted by Gasteiger charge is 2.41. The van der Waals surface area contributed by atoms with Crippen LogP contribution < -0.4 is 4.90 Å². The smallest absolute Gasteiger partial charge is 0.425 e. The highest BCUT2D eigenvalue weighted by Crippen LogP contribution is 2.38. The Hall–Kier alpha value is -5.91. The molecule has 0 aliphatic carbocycles. The molecule has 15 heteroatoms. The second-order valence-electron chi connectivity index (χ2n) is 15.9. The number of hydrogen-bond acceptors (Lipinski definition) is 12. The molecule has 14 nitrogen and oxygen atoms in total. The largest absolute Gasteiger partial charge is 0.444 e. The number of nitriles is 1. The number of rotatable bonds is 5. The van der Waals surface area contributed by atoms with Crippen LogP contribution in [0.1, 0.15) is 80.8 Å². The van der Waals surface area contributed by atoms with E-state index < -0.39 is 46.3 Å². The first-order chi connectivity index (χ1) is 25.2. The number of halogens is 1. The first kappa shape index (κ1) is 39.3. The van der Waals surface area contributed by atoms with Crippen LogP contribution >= 0.6 is 0 Å². The molecule has 1 aromatic carbocycles. The minimum absolute atomic E-state index is 0.0491. The van der Waals surface area contributed by atoms with Gasteiger partial charge in [-0.3, -0.25) is 4.98 Å². The van der Waals surface area contributed by atoms with E-state index in [0.717, 1.165) is 0 Å². The molecule has 0 atom stereocenters. The topological polar surface area (TPSA) is 174 Å². The van der Waals surface area contributed by atoms with E-state index in [0.29, 0.717) is 29.0 Å². The number of aromatic nitrogens is 4. The number of ether oxygens (including phenoxy) is 3. The van der Waals surface area contributed by atoms with Gasteiger partial charge in [0.1, 0.15) is 33.7 Å². The molecule has 0 spiro atoms. The van der Waals surface area contributed by atoms with Gasteiger partial charge in [-0.05, 0) is 99.4 Å². The number of piperidine rings is 1. The van der Waals surface area contributed by atoms with Gasteiger partial charge < -0.3 is 23.6 Å². The monoisotopic (exact) mass is 741 g/mol. The second kappa shape index (κ2) is 14.8. The molecular weight excluding hydrogens is 697 g/mol. The number of imide groups is 1. The van der Waals surface area contributed by atoms with Crippen LogP contribution in [0.15, 0.2) is 59.4 Å². The summed E-state index contributed by atoms with van der Waals surface area (Å²) in [5.74, 6) is -0.892. The molecule has 5 rings (SSSR count). The summed E-state index contributed by atoms with van der Waals surface area (Å²) in [6.07, 6.45) is 0.883. The van der Waals surface area contributed by atoms with E-state index in [4.69, 9.17) is 23.7 Å². The number of benzene rings is 1. The Labute approximate surface area is 313 Å². The molecule has 1 aliphatic rings. The lowest BCUT2D eigenvalue weighted by Crippen LogP contribution is -2.46. The maximum absolute atomic E-state index is 14.8. The van der Waals surface area contributed by atoms with E-state index >= 15 is 0 Å². The van der Waals surface area contributed by atoms with Crippen LogP contribution in [0.3, 0.4) is 0 Å². The van der Waals surface area contributed by atoms with E-state index in [2.05, 4.69) is 21.2 Å². The summed E-state index contributed by atoms with van der Waals surface area (Å²) < 4.78 is 37.2. The number of carbonyl (C=O) groups is 3. The van der Waals surface area contributed by atoms with Gasteiger partial charge in [0, 0.05) is 36.5 Å². The Bertz CT molecular complexity index is 2050. The molecule has 54 heavy (non-hydrogen) atoms. The predicted molar refractivity (Wildman–Crippen MR) is 195 cm³/mol. The summed E-state index contributed by atoms with van der Waals surface area (Å²) in [5.41, 5.74) is -2.32. The number of pyridine rings is 1. The van der Waals surface area contributed by atoms with Crippen molar-refractivity contribution in [3.63, 3.8) is 0 Å². The lowest BCUT2D eigenvalue weighted by atomic mass is 9.76. The third kappa shape index (κ3) is 9.17. The van der Waals surface area contributed by atoms with Crippen LogP contribution in [-0.2, 0) is 19.6 Å². The minimum Gasteiger partial charge on any atom is -0.444 e. The average molecular weight is 742 g/mol. The Morgan fingerprint density at radius 2 is 1.48 bits per heavy atom. The second-order valence-corrected chi connectivity index (χ2v) is 15.9. The standard InChI is InChI=1S/C39H44FN7O7/c1-36(2,3)51-33(48)46-18-15-39(23-41,16-19-46)30-20-24(14-17-42-30)28-22-43-32(47(34(49)52-37(4,5)6)35(50)53-38(7,8)9)31(44-28)29-21-27(45-54-29)25-12-10-11-13-26(25)40/h10-14,17,20-22H,15-16,18-19H2,1-9H3. The van der Waals surface area contributed by atoms with E-state index in [-0.39, 0.29) is 47.3 Å². The predicted octanol–water partition coefficient (Wildman–Crippen LogP) is 8.47. The summed E-state index contributed by atoms with van der Waals surface area (Å²) in [5, 5.41) is 14.5. The van der Waals surface area contributed by atoms with Gasteiger partial charge in [0.05, 0.1) is 23.7 Å². The zero-order valence-electron chi connectivity index (χ0n) is 31.9. The van der Waals surface area contributed by atoms with Crippen LogP contribution in [0, 0.1) is 17.1 Å². The third-order valence-electron chi connectivity index (χ3n) is 8.04. The Morgan fingerprint density at radius 3 is 2.06 bits per heavy atom. The molecule has 0 radical (unpaired) electrons. The molecule has 1 aliphatic heterocycles. The van der Waals surface area contributed by atoms with Gasteiger partial charge in [0.2, 0.25) is 0 Å². The van der Waals surface area contributed by atoms with E-state index in [1.165, 1.54) is 36.7 Å². The lowest BCUT2D eigenvalue weighted by Gasteiger charge is -2.37. The van der Waals surface area contributed by atoms with Gasteiger partial charge in [-0.15, -0.1) is 0 Å². The molecule has 4 heterocycles. The van der Waals surface area contributed by atoms with Crippen LogP contribution in [0.25, 0.3) is 34.0 Å². The summed E-state index contributed by atoms with van der Waals surface area (Å²) in [7, 11) is 0. The molecule has 0 N–H and O–H groups in total. The van der Waals surface area contributed by atoms with Crippen molar-refractivity contribution >= 4 is 24.1 Å². The number of likely N-dealkylation sites (tertiary alicyclic amines) is 1. The number of carbonyl (C=O) groups excluding carboxylic acids is 3. The zero-order chi connectivity index (χ0) is 39.6. The molecular formula is C39H44FN7O7. The van der Waals surface area contributed by atoms with Crippen molar-refractivity contribution in [2.24, 2.45) is 0 Å². The molecule has 3 amide bonds. The van der Waals surface area contributed by atoms with Crippen molar-refractivity contribution < 1.29 is 37.5 Å². The van der Waals surface area contributed by atoms with Crippen molar-refractivity contribution in [3.05, 3.63) is 66.4 Å². The zero-order valence-corrected chi connectivity index (χ0v) is 31.9. The Morgan fingerprint density at radius 1 is 0.870 bits per heavy atom. The fourth-order valence-corrected chi connectivity index (χ4v) is 5.57. The maximum Gasteiger partial charge on any atom is 0.425 e. The molecule has 3 aromatic heterocycles. The van der Waals surface area contributed by atoms with Crippen molar-refractivity contribution in [3.8, 4) is 40.0 Å². The number of anilines is 1. The highest BCUT2D eigenvalue weighted by molar-refractivity contribution is 6.10. The SMILES string of the molecule is CC(C)(C)OC(=O)N1CCC(C#N)(c2cc(-c3cnc(N(C(=O)OC(C)(C)C)C(=O)OC(C)(C)C)c(-c4cc(-c5ccccc5F)no4)n3)ccn2)CC1. The van der Waals surface area contributed by atoms with Crippen LogP contribution in [-0.4, -0.2) is 73.2 Å². The first-order valence-corrected chi connectivity index (χ1v) is 17.4. The molecule has 284 valence electrons. The van der Waals surface area contributed by atoms with Crippen molar-refractivity contribution in [1.82, 2.24) is 25.0 Å². The van der Waals surface area contributed by atoms with Gasteiger partial charge >= 0.3 is 18.3 Å². The summed E-state index contributed by atoms with van der Waals surface area (Å²) in [4.78, 5) is 56.2. The van der Waals surface area contributed by atoms with Gasteiger partial charge in [-0.25, -0.2) is 28.7 Å². The van der Waals surface area contributed by atoms with Gasteiger partial charge in [0.15, 0.2) is 17.3 Å². The van der Waals surface area contributed by atoms with Crippen molar-refractivity contribution in [1.29, 1.82) is 5.26 Å².